The van der Waals surface area contributed by atoms with E-state index < -0.39 is 11.2 Å². The van der Waals surface area contributed by atoms with Gasteiger partial charge in [0.15, 0.2) is 0 Å². The Morgan fingerprint density at radius 3 is 2.32 bits per heavy atom. The van der Waals surface area contributed by atoms with Crippen LogP contribution in [0.25, 0.3) is 0 Å². The van der Waals surface area contributed by atoms with Crippen LogP contribution in [0.5, 0.6) is 0 Å². The van der Waals surface area contributed by atoms with Crippen molar-refractivity contribution in [3.05, 3.63) is 44.2 Å². The molecule has 2 aromatic rings. The summed E-state index contributed by atoms with van der Waals surface area (Å²) in [7, 11) is 8.86. The molecule has 10 nitrogen and oxygen atoms in total. The molecule has 152 valence electrons. The molecule has 0 unspecified atom stereocenters. The Kier molecular flexibility index (Phi) is 5.50. The van der Waals surface area contributed by atoms with E-state index in [1.54, 1.807) is 4.90 Å². The Labute approximate surface area is 163 Å². The fourth-order valence-corrected chi connectivity index (χ4v) is 3.59. The maximum absolute atomic E-state index is 12.9. The van der Waals surface area contributed by atoms with Crippen molar-refractivity contribution in [2.24, 2.45) is 21.1 Å². The zero-order chi connectivity index (χ0) is 20.6. The van der Waals surface area contributed by atoms with Gasteiger partial charge in [0.05, 0.1) is 6.54 Å². The van der Waals surface area contributed by atoms with E-state index in [1.807, 2.05) is 30.6 Å². The highest BCUT2D eigenvalue weighted by Crippen LogP contribution is 2.27. The Hall–Kier alpha value is -2.75. The maximum Gasteiger partial charge on any atom is 0.331 e. The summed E-state index contributed by atoms with van der Waals surface area (Å²) in [5.74, 6) is 1.78. The van der Waals surface area contributed by atoms with Crippen LogP contribution in [0.4, 0.5) is 0 Å². The maximum atomic E-state index is 12.9. The Balaban J connectivity index is 1.73. The van der Waals surface area contributed by atoms with Gasteiger partial charge in [-0.05, 0) is 26.9 Å². The summed E-state index contributed by atoms with van der Waals surface area (Å²) in [4.78, 5) is 40.6. The van der Waals surface area contributed by atoms with Crippen LogP contribution in [0.15, 0.2) is 15.7 Å². The second kappa shape index (κ2) is 7.70. The van der Waals surface area contributed by atoms with Gasteiger partial charge < -0.3 is 14.4 Å². The van der Waals surface area contributed by atoms with Crippen molar-refractivity contribution in [3.8, 4) is 0 Å². The highest BCUT2D eigenvalue weighted by Gasteiger charge is 2.29. The van der Waals surface area contributed by atoms with Crippen LogP contribution in [0.2, 0.25) is 0 Å². The first-order valence-electron chi connectivity index (χ1n) is 9.30. The topological polar surface area (TPSA) is 98.3 Å². The van der Waals surface area contributed by atoms with Crippen molar-refractivity contribution in [2.45, 2.75) is 25.3 Å². The van der Waals surface area contributed by atoms with E-state index in [-0.39, 0.29) is 17.5 Å². The normalized spacial score (nSPS) is 15.4. The van der Waals surface area contributed by atoms with Crippen molar-refractivity contribution in [1.29, 1.82) is 0 Å². The first kappa shape index (κ1) is 20.0. The van der Waals surface area contributed by atoms with E-state index in [1.165, 1.54) is 24.7 Å². The molecule has 0 bridgehead atoms. The average Bonchev–Trinajstić information content (AvgIpc) is 3.02. The molecule has 1 aliphatic heterocycles. The molecule has 0 atom stereocenters. The van der Waals surface area contributed by atoms with Gasteiger partial charge in [0, 0.05) is 46.2 Å². The van der Waals surface area contributed by atoms with Crippen LogP contribution in [0, 0.1) is 0 Å². The van der Waals surface area contributed by atoms with Gasteiger partial charge in [-0.2, -0.15) is 0 Å². The molecule has 3 rings (SSSR count). The summed E-state index contributed by atoms with van der Waals surface area (Å²) in [5, 5.41) is 8.65. The second-order valence-corrected chi connectivity index (χ2v) is 7.61. The van der Waals surface area contributed by atoms with Crippen LogP contribution in [-0.2, 0) is 27.7 Å². The van der Waals surface area contributed by atoms with Crippen molar-refractivity contribution in [1.82, 2.24) is 33.7 Å². The number of rotatable bonds is 4. The fraction of sp³-hybridized carbons (Fsp3) is 0.611. The van der Waals surface area contributed by atoms with Crippen molar-refractivity contribution in [2.75, 3.05) is 27.2 Å². The molecule has 1 amide bonds. The molecular weight excluding hydrogens is 362 g/mol. The van der Waals surface area contributed by atoms with Gasteiger partial charge >= 0.3 is 5.69 Å². The summed E-state index contributed by atoms with van der Waals surface area (Å²) in [6, 6.07) is 1.23. The first-order valence-corrected chi connectivity index (χ1v) is 9.30. The van der Waals surface area contributed by atoms with E-state index in [9.17, 15) is 14.4 Å². The van der Waals surface area contributed by atoms with Gasteiger partial charge in [0.1, 0.15) is 17.3 Å². The average molecular weight is 389 g/mol. The predicted octanol–water partition coefficient (Wildman–Crippen LogP) is -0.706. The van der Waals surface area contributed by atoms with Crippen LogP contribution in [-0.4, -0.2) is 66.8 Å². The standard InChI is InChI=1S/C18H27N7O3/c1-21(2)11-14-19-20-16(23(14)4)12-6-8-25(9-7-12)17(27)13-10-15(26)24(5)18(28)22(13)3/h10,12H,6-9,11H2,1-5H3. The minimum Gasteiger partial charge on any atom is -0.337 e. The van der Waals surface area contributed by atoms with Gasteiger partial charge in [0.25, 0.3) is 11.5 Å². The van der Waals surface area contributed by atoms with Crippen molar-refractivity contribution in [3.63, 3.8) is 0 Å². The molecule has 1 aliphatic rings. The molecule has 10 heteroatoms. The van der Waals surface area contributed by atoms with Gasteiger partial charge in [-0.3, -0.25) is 18.7 Å². The zero-order valence-corrected chi connectivity index (χ0v) is 17.0. The highest BCUT2D eigenvalue weighted by atomic mass is 16.2. The largest absolute Gasteiger partial charge is 0.337 e. The minimum absolute atomic E-state index is 0.124. The minimum atomic E-state index is -0.502. The van der Waals surface area contributed by atoms with E-state index in [0.717, 1.165) is 35.6 Å². The quantitative estimate of drug-likeness (QED) is 0.685. The summed E-state index contributed by atoms with van der Waals surface area (Å²) in [6.45, 7) is 1.81. The summed E-state index contributed by atoms with van der Waals surface area (Å²) >= 11 is 0. The number of carbonyl (C=O) groups is 1. The molecule has 0 aliphatic carbocycles. The second-order valence-electron chi connectivity index (χ2n) is 7.61. The Morgan fingerprint density at radius 2 is 1.71 bits per heavy atom. The van der Waals surface area contributed by atoms with Gasteiger partial charge in [-0.1, -0.05) is 0 Å². The molecule has 0 aromatic carbocycles. The van der Waals surface area contributed by atoms with Crippen molar-refractivity contribution < 1.29 is 4.79 Å². The number of nitrogens with zero attached hydrogens (tertiary/aromatic N) is 7. The number of hydrogen-bond acceptors (Lipinski definition) is 6. The van der Waals surface area contributed by atoms with Gasteiger partial charge in [-0.15, -0.1) is 10.2 Å². The third-order valence-corrected chi connectivity index (χ3v) is 5.35. The number of hydrogen-bond donors (Lipinski definition) is 0. The van der Waals surface area contributed by atoms with E-state index >= 15 is 0 Å². The number of piperidine rings is 1. The lowest BCUT2D eigenvalue weighted by molar-refractivity contribution is 0.0698. The monoisotopic (exact) mass is 389 g/mol. The molecule has 1 fully saturated rings. The fourth-order valence-electron chi connectivity index (χ4n) is 3.59. The Bertz CT molecular complexity index is 994. The molecule has 28 heavy (non-hydrogen) atoms. The van der Waals surface area contributed by atoms with Crippen LogP contribution >= 0.6 is 0 Å². The molecule has 3 heterocycles. The molecular formula is C18H27N7O3. The number of carbonyl (C=O) groups excluding carboxylic acids is 1. The van der Waals surface area contributed by atoms with E-state index in [2.05, 4.69) is 10.2 Å². The third kappa shape index (κ3) is 3.64. The van der Waals surface area contributed by atoms with Crippen LogP contribution < -0.4 is 11.2 Å². The zero-order valence-electron chi connectivity index (χ0n) is 17.0. The smallest absolute Gasteiger partial charge is 0.331 e. The molecule has 0 saturated carbocycles. The number of amides is 1. The van der Waals surface area contributed by atoms with Gasteiger partial charge in [-0.25, -0.2) is 4.79 Å². The molecule has 2 aromatic heterocycles. The highest BCUT2D eigenvalue weighted by molar-refractivity contribution is 5.92. The lowest BCUT2D eigenvalue weighted by Gasteiger charge is -2.31. The predicted molar refractivity (Wildman–Crippen MR) is 103 cm³/mol. The van der Waals surface area contributed by atoms with E-state index in [0.29, 0.717) is 13.1 Å². The van der Waals surface area contributed by atoms with E-state index in [4.69, 9.17) is 0 Å². The Morgan fingerprint density at radius 1 is 1.07 bits per heavy atom. The lowest BCUT2D eigenvalue weighted by Crippen LogP contribution is -2.44. The van der Waals surface area contributed by atoms with Gasteiger partial charge in [0.2, 0.25) is 0 Å². The molecule has 0 N–H and O–H groups in total. The number of aromatic nitrogens is 5. The first-order chi connectivity index (χ1) is 13.2. The molecule has 0 spiro atoms. The molecule has 0 radical (unpaired) electrons. The third-order valence-electron chi connectivity index (χ3n) is 5.35. The molecule has 1 saturated heterocycles. The SMILES string of the molecule is CN(C)Cc1nnc(C2CCN(C(=O)c3cc(=O)n(C)c(=O)n3C)CC2)n1C. The van der Waals surface area contributed by atoms with Crippen LogP contribution in [0.1, 0.15) is 40.9 Å². The summed E-state index contributed by atoms with van der Waals surface area (Å²) in [6.07, 6.45) is 1.52. The summed E-state index contributed by atoms with van der Waals surface area (Å²) < 4.78 is 4.25. The lowest BCUT2D eigenvalue weighted by atomic mass is 9.95. The summed E-state index contributed by atoms with van der Waals surface area (Å²) in [5.41, 5.74) is -0.856. The van der Waals surface area contributed by atoms with Crippen LogP contribution in [0.3, 0.4) is 0 Å². The number of likely N-dealkylation sites (tertiary alicyclic amines) is 1. The van der Waals surface area contributed by atoms with Crippen molar-refractivity contribution >= 4 is 5.91 Å².